The molecule has 0 bridgehead atoms. The Morgan fingerprint density at radius 2 is 2.38 bits per heavy atom. The van der Waals surface area contributed by atoms with Crippen molar-refractivity contribution in [3.63, 3.8) is 0 Å². The quantitative estimate of drug-likeness (QED) is 0.802. The molecule has 7 nitrogen and oxygen atoms in total. The second-order valence-corrected chi connectivity index (χ2v) is 5.60. The first-order valence-electron chi connectivity index (χ1n) is 7.33. The molecule has 0 spiro atoms. The Balaban J connectivity index is 1.80. The van der Waals surface area contributed by atoms with Gasteiger partial charge in [0.2, 0.25) is 11.8 Å². The van der Waals surface area contributed by atoms with E-state index in [1.54, 1.807) is 6.07 Å². The van der Waals surface area contributed by atoms with Crippen LogP contribution in [0.15, 0.2) is 10.6 Å². The number of amides is 1. The Bertz CT molecular complexity index is 459. The Kier molecular flexibility index (Phi) is 5.72. The molecule has 118 valence electrons. The Morgan fingerprint density at radius 1 is 1.57 bits per heavy atom. The predicted octanol–water partition coefficient (Wildman–Crippen LogP) is 0.657. The van der Waals surface area contributed by atoms with Gasteiger partial charge in [0.25, 0.3) is 0 Å². The van der Waals surface area contributed by atoms with Crippen LogP contribution < -0.4 is 10.6 Å². The maximum atomic E-state index is 12.0. The van der Waals surface area contributed by atoms with E-state index in [-0.39, 0.29) is 17.9 Å². The molecule has 21 heavy (non-hydrogen) atoms. The third kappa shape index (κ3) is 4.80. The molecule has 7 heteroatoms. The number of ether oxygens (including phenoxy) is 1. The molecule has 0 radical (unpaired) electrons. The van der Waals surface area contributed by atoms with Gasteiger partial charge >= 0.3 is 0 Å². The van der Waals surface area contributed by atoms with Gasteiger partial charge < -0.3 is 14.6 Å². The molecule has 2 heterocycles. The third-order valence-electron chi connectivity index (χ3n) is 3.40. The lowest BCUT2D eigenvalue weighted by atomic mass is 10.1. The average Bonchev–Trinajstić information content (AvgIpc) is 2.88. The second-order valence-electron chi connectivity index (χ2n) is 5.60. The summed E-state index contributed by atoms with van der Waals surface area (Å²) < 4.78 is 10.7. The van der Waals surface area contributed by atoms with Crippen molar-refractivity contribution in [3.05, 3.63) is 11.8 Å². The predicted molar refractivity (Wildman–Crippen MR) is 79.3 cm³/mol. The third-order valence-corrected chi connectivity index (χ3v) is 3.40. The van der Waals surface area contributed by atoms with E-state index in [9.17, 15) is 4.79 Å². The minimum absolute atomic E-state index is 0.0911. The first-order chi connectivity index (χ1) is 10.1. The lowest BCUT2D eigenvalue weighted by molar-refractivity contribution is -0.119. The molecule has 1 aliphatic heterocycles. The number of hydrogen-bond acceptors (Lipinski definition) is 6. The molecule has 1 aliphatic rings. The number of nitrogens with one attached hydrogen (secondary N) is 2. The number of carbonyl (C=O) groups is 1. The number of nitrogens with zero attached hydrogens (tertiary/aromatic N) is 2. The largest absolute Gasteiger partial charge is 0.374 e. The lowest BCUT2D eigenvalue weighted by Crippen LogP contribution is -2.48. The van der Waals surface area contributed by atoms with Crippen LogP contribution in [0, 0.1) is 0 Å². The molecule has 1 fully saturated rings. The van der Waals surface area contributed by atoms with Crippen molar-refractivity contribution in [2.24, 2.45) is 0 Å². The van der Waals surface area contributed by atoms with Crippen LogP contribution in [0.2, 0.25) is 0 Å². The van der Waals surface area contributed by atoms with E-state index in [4.69, 9.17) is 9.26 Å². The molecule has 1 amide bonds. The number of rotatable bonds is 6. The van der Waals surface area contributed by atoms with Gasteiger partial charge in [-0.05, 0) is 13.0 Å². The van der Waals surface area contributed by atoms with Crippen molar-refractivity contribution in [1.82, 2.24) is 15.4 Å². The van der Waals surface area contributed by atoms with Crippen LogP contribution in [0.3, 0.4) is 0 Å². The van der Waals surface area contributed by atoms with Gasteiger partial charge in [0.1, 0.15) is 0 Å². The molecule has 0 aromatic carbocycles. The van der Waals surface area contributed by atoms with E-state index in [2.05, 4.69) is 20.7 Å². The first kappa shape index (κ1) is 15.9. The Morgan fingerprint density at radius 3 is 3.05 bits per heavy atom. The standard InChI is InChI=1S/C14H24N4O3/c1-10(2)12-6-14(21-17-12)16-13(19)9-18-4-5-20-11(8-18)7-15-3/h6,10-11,15H,4-5,7-9H2,1-3H3,(H,16,19). The summed E-state index contributed by atoms with van der Waals surface area (Å²) in [5.41, 5.74) is 0.839. The van der Waals surface area contributed by atoms with Gasteiger partial charge in [-0.2, -0.15) is 0 Å². The van der Waals surface area contributed by atoms with Crippen molar-refractivity contribution < 1.29 is 14.1 Å². The summed E-state index contributed by atoms with van der Waals surface area (Å²) in [6.45, 7) is 7.35. The fourth-order valence-corrected chi connectivity index (χ4v) is 2.28. The monoisotopic (exact) mass is 296 g/mol. The zero-order valence-electron chi connectivity index (χ0n) is 12.9. The van der Waals surface area contributed by atoms with Crippen LogP contribution in [0.4, 0.5) is 5.88 Å². The van der Waals surface area contributed by atoms with Gasteiger partial charge in [0.15, 0.2) is 0 Å². The zero-order chi connectivity index (χ0) is 15.2. The van der Waals surface area contributed by atoms with Gasteiger partial charge in [-0.15, -0.1) is 0 Å². The maximum Gasteiger partial charge on any atom is 0.240 e. The maximum absolute atomic E-state index is 12.0. The number of hydrogen-bond donors (Lipinski definition) is 2. The topological polar surface area (TPSA) is 79.6 Å². The van der Waals surface area contributed by atoms with Crippen LogP contribution in [0.5, 0.6) is 0 Å². The fourth-order valence-electron chi connectivity index (χ4n) is 2.28. The lowest BCUT2D eigenvalue weighted by Gasteiger charge is -2.32. The van der Waals surface area contributed by atoms with E-state index in [1.165, 1.54) is 0 Å². The van der Waals surface area contributed by atoms with Crippen LogP contribution in [-0.2, 0) is 9.53 Å². The SMILES string of the molecule is CNCC1CN(CC(=O)Nc2cc(C(C)C)no2)CCO1. The molecule has 1 saturated heterocycles. The highest BCUT2D eigenvalue weighted by Crippen LogP contribution is 2.17. The van der Waals surface area contributed by atoms with Crippen molar-refractivity contribution in [1.29, 1.82) is 0 Å². The normalized spacial score (nSPS) is 19.9. The summed E-state index contributed by atoms with van der Waals surface area (Å²) in [4.78, 5) is 14.1. The molecule has 0 saturated carbocycles. The van der Waals surface area contributed by atoms with Crippen molar-refractivity contribution in [2.75, 3.05) is 45.2 Å². The number of likely N-dealkylation sites (N-methyl/N-ethyl adjacent to an activating group) is 1. The van der Waals surface area contributed by atoms with Gasteiger partial charge in [0.05, 0.1) is 24.9 Å². The summed E-state index contributed by atoms with van der Waals surface area (Å²) in [6, 6.07) is 1.77. The summed E-state index contributed by atoms with van der Waals surface area (Å²) in [5, 5.41) is 9.75. The smallest absolute Gasteiger partial charge is 0.240 e. The minimum atomic E-state index is -0.0911. The van der Waals surface area contributed by atoms with E-state index in [1.807, 2.05) is 20.9 Å². The van der Waals surface area contributed by atoms with E-state index in [0.717, 1.165) is 25.3 Å². The summed E-state index contributed by atoms with van der Waals surface area (Å²) in [7, 11) is 1.89. The van der Waals surface area contributed by atoms with Gasteiger partial charge in [-0.1, -0.05) is 19.0 Å². The van der Waals surface area contributed by atoms with Crippen LogP contribution in [0.25, 0.3) is 0 Å². The molecular weight excluding hydrogens is 272 g/mol. The number of morpholine rings is 1. The van der Waals surface area contributed by atoms with Crippen LogP contribution in [-0.4, -0.2) is 61.9 Å². The summed E-state index contributed by atoms with van der Waals surface area (Å²) in [5.74, 6) is 0.594. The molecule has 1 aromatic heterocycles. The zero-order valence-corrected chi connectivity index (χ0v) is 12.9. The number of anilines is 1. The average molecular weight is 296 g/mol. The molecule has 1 unspecified atom stereocenters. The number of carbonyl (C=O) groups excluding carboxylic acids is 1. The second kappa shape index (κ2) is 7.53. The number of aromatic nitrogens is 1. The summed E-state index contributed by atoms with van der Waals surface area (Å²) >= 11 is 0. The molecule has 1 aromatic rings. The van der Waals surface area contributed by atoms with Crippen molar-refractivity contribution in [3.8, 4) is 0 Å². The highest BCUT2D eigenvalue weighted by molar-refractivity contribution is 5.90. The highest BCUT2D eigenvalue weighted by atomic mass is 16.5. The van der Waals surface area contributed by atoms with Crippen molar-refractivity contribution in [2.45, 2.75) is 25.9 Å². The van der Waals surface area contributed by atoms with Gasteiger partial charge in [0, 0.05) is 25.7 Å². The van der Waals surface area contributed by atoms with E-state index < -0.39 is 0 Å². The molecular formula is C14H24N4O3. The van der Waals surface area contributed by atoms with E-state index in [0.29, 0.717) is 19.0 Å². The Labute approximate surface area is 125 Å². The van der Waals surface area contributed by atoms with Gasteiger partial charge in [-0.25, -0.2) is 0 Å². The highest BCUT2D eigenvalue weighted by Gasteiger charge is 2.22. The fraction of sp³-hybridized carbons (Fsp3) is 0.714. The van der Waals surface area contributed by atoms with Crippen LogP contribution in [0.1, 0.15) is 25.5 Å². The van der Waals surface area contributed by atoms with Crippen LogP contribution >= 0.6 is 0 Å². The molecule has 0 aliphatic carbocycles. The molecule has 2 N–H and O–H groups in total. The Hall–Kier alpha value is -1.44. The molecule has 2 rings (SSSR count). The van der Waals surface area contributed by atoms with Gasteiger partial charge in [-0.3, -0.25) is 15.0 Å². The van der Waals surface area contributed by atoms with E-state index >= 15 is 0 Å². The summed E-state index contributed by atoms with van der Waals surface area (Å²) in [6.07, 6.45) is 0.134. The minimum Gasteiger partial charge on any atom is -0.374 e. The first-order valence-corrected chi connectivity index (χ1v) is 7.33. The van der Waals surface area contributed by atoms with Crippen molar-refractivity contribution >= 4 is 11.8 Å². The molecule has 1 atom stereocenters.